The molecule has 1 rings (SSSR count). The topological polar surface area (TPSA) is 26.3 Å². The Bertz CT molecular complexity index is 309. The maximum Gasteiger partial charge on any atom is 0.309 e. The molecule has 0 atom stereocenters. The van der Waals surface area contributed by atoms with Crippen molar-refractivity contribution in [3.8, 4) is 0 Å². The van der Waals surface area contributed by atoms with E-state index >= 15 is 0 Å². The Morgan fingerprint density at radius 3 is 1.46 bits per heavy atom. The summed E-state index contributed by atoms with van der Waals surface area (Å²) in [5.74, 6) is -0.0651. The van der Waals surface area contributed by atoms with Gasteiger partial charge in [0, 0.05) is 0 Å². The highest BCUT2D eigenvalue weighted by molar-refractivity contribution is 5.71. The van der Waals surface area contributed by atoms with E-state index in [9.17, 15) is 4.79 Å². The van der Waals surface area contributed by atoms with Crippen molar-refractivity contribution < 1.29 is 9.53 Å². The van der Waals surface area contributed by atoms with Crippen molar-refractivity contribution in [1.29, 1.82) is 0 Å². The van der Waals surface area contributed by atoms with Crippen molar-refractivity contribution in [1.82, 2.24) is 0 Å². The minimum absolute atomic E-state index is 0.0651. The second-order valence-electron chi connectivity index (χ2n) is 7.34. The fourth-order valence-corrected chi connectivity index (χ4v) is 3.38. The Labute approximate surface area is 150 Å². The Morgan fingerprint density at radius 1 is 0.542 bits per heavy atom. The molecule has 0 aromatic heterocycles. The van der Waals surface area contributed by atoms with Crippen LogP contribution >= 0.6 is 0 Å². The summed E-state index contributed by atoms with van der Waals surface area (Å²) in [5, 5.41) is 0. The summed E-state index contributed by atoms with van der Waals surface area (Å²) in [4.78, 5) is 11.6. The summed E-state index contributed by atoms with van der Waals surface area (Å²) in [6.07, 6.45) is 27.3. The molecule has 0 aromatic rings. The number of allylic oxidation sites excluding steroid dienone is 1. The van der Waals surface area contributed by atoms with Crippen LogP contribution in [0.5, 0.6) is 0 Å². The summed E-state index contributed by atoms with van der Waals surface area (Å²) in [6.45, 7) is 0.604. The molecule has 140 valence electrons. The van der Waals surface area contributed by atoms with Crippen LogP contribution in [0.15, 0.2) is 12.2 Å². The van der Waals surface area contributed by atoms with Crippen LogP contribution < -0.4 is 0 Å². The number of hydrogen-bond donors (Lipinski definition) is 0. The number of hydrogen-bond acceptors (Lipinski definition) is 2. The van der Waals surface area contributed by atoms with Gasteiger partial charge in [0.25, 0.3) is 0 Å². The van der Waals surface area contributed by atoms with Crippen molar-refractivity contribution in [2.24, 2.45) is 0 Å². The second-order valence-corrected chi connectivity index (χ2v) is 7.34. The standard InChI is InChI=1S/C22H40O2/c23-22-20-18-16-14-12-10-8-6-4-2-1-3-5-7-9-11-13-15-17-19-21-24-22/h16,18H,1-15,17,19-21H2/b18-16-. The summed E-state index contributed by atoms with van der Waals surface area (Å²) in [6, 6.07) is 0. The van der Waals surface area contributed by atoms with Crippen LogP contribution in [-0.2, 0) is 9.53 Å². The van der Waals surface area contributed by atoms with Gasteiger partial charge in [-0.25, -0.2) is 0 Å². The van der Waals surface area contributed by atoms with Crippen molar-refractivity contribution >= 4 is 5.97 Å². The molecule has 0 aromatic carbocycles. The highest BCUT2D eigenvalue weighted by Crippen LogP contribution is 2.14. The molecule has 1 aliphatic rings. The molecule has 0 unspecified atom stereocenters. The van der Waals surface area contributed by atoms with Crippen LogP contribution in [0.3, 0.4) is 0 Å². The van der Waals surface area contributed by atoms with Crippen LogP contribution in [-0.4, -0.2) is 12.6 Å². The van der Waals surface area contributed by atoms with Crippen LogP contribution in [0.1, 0.15) is 116 Å². The van der Waals surface area contributed by atoms with Gasteiger partial charge in [-0.05, 0) is 19.3 Å². The van der Waals surface area contributed by atoms with Gasteiger partial charge in [-0.1, -0.05) is 102 Å². The van der Waals surface area contributed by atoms with Crippen molar-refractivity contribution in [2.75, 3.05) is 6.61 Å². The van der Waals surface area contributed by atoms with Gasteiger partial charge in [0.15, 0.2) is 0 Å². The molecule has 0 saturated heterocycles. The van der Waals surface area contributed by atoms with Gasteiger partial charge in [-0.3, -0.25) is 4.79 Å². The second kappa shape index (κ2) is 17.0. The quantitative estimate of drug-likeness (QED) is 0.347. The molecule has 0 bridgehead atoms. The molecule has 2 nitrogen and oxygen atoms in total. The van der Waals surface area contributed by atoms with Crippen molar-refractivity contribution in [2.45, 2.75) is 116 Å². The van der Waals surface area contributed by atoms with E-state index in [0.717, 1.165) is 12.8 Å². The zero-order valence-corrected chi connectivity index (χ0v) is 15.9. The summed E-state index contributed by atoms with van der Waals surface area (Å²) in [5.41, 5.74) is 0. The van der Waals surface area contributed by atoms with Gasteiger partial charge in [0.1, 0.15) is 0 Å². The van der Waals surface area contributed by atoms with E-state index in [4.69, 9.17) is 4.74 Å². The average molecular weight is 337 g/mol. The molecule has 0 N–H and O–H groups in total. The fraction of sp³-hybridized carbons (Fsp3) is 0.864. The SMILES string of the molecule is O=C1C/C=C\CCCCCCCCCCCCCCCCCCO1. The Balaban J connectivity index is 2.13. The maximum absolute atomic E-state index is 11.6. The lowest BCUT2D eigenvalue weighted by Crippen LogP contribution is -2.04. The minimum atomic E-state index is -0.0651. The van der Waals surface area contributed by atoms with Gasteiger partial charge in [0.2, 0.25) is 0 Å². The Kier molecular flexibility index (Phi) is 15.1. The van der Waals surface area contributed by atoms with Gasteiger partial charge in [-0.2, -0.15) is 0 Å². The maximum atomic E-state index is 11.6. The first-order valence-corrected chi connectivity index (χ1v) is 10.7. The van der Waals surface area contributed by atoms with E-state index in [-0.39, 0.29) is 5.97 Å². The van der Waals surface area contributed by atoms with Crippen LogP contribution in [0, 0.1) is 0 Å². The number of carbonyl (C=O) groups excluding carboxylic acids is 1. The monoisotopic (exact) mass is 336 g/mol. The van der Waals surface area contributed by atoms with Crippen LogP contribution in [0.2, 0.25) is 0 Å². The Morgan fingerprint density at radius 2 is 0.958 bits per heavy atom. The fourth-order valence-electron chi connectivity index (χ4n) is 3.38. The highest BCUT2D eigenvalue weighted by atomic mass is 16.5. The zero-order chi connectivity index (χ0) is 17.1. The first-order chi connectivity index (χ1) is 11.9. The van der Waals surface area contributed by atoms with E-state index in [1.54, 1.807) is 0 Å². The lowest BCUT2D eigenvalue weighted by atomic mass is 10.0. The van der Waals surface area contributed by atoms with Crippen molar-refractivity contribution in [3.05, 3.63) is 12.2 Å². The lowest BCUT2D eigenvalue weighted by Gasteiger charge is -2.04. The Hall–Kier alpha value is -0.790. The van der Waals surface area contributed by atoms with Gasteiger partial charge >= 0.3 is 5.97 Å². The molecule has 24 heavy (non-hydrogen) atoms. The van der Waals surface area contributed by atoms with E-state index in [2.05, 4.69) is 6.08 Å². The largest absolute Gasteiger partial charge is 0.465 e. The first-order valence-electron chi connectivity index (χ1n) is 10.7. The molecule has 0 aliphatic carbocycles. The molecular formula is C22H40O2. The molecule has 1 heterocycles. The third-order valence-corrected chi connectivity index (χ3v) is 4.98. The average Bonchev–Trinajstić information content (AvgIpc) is 2.58. The van der Waals surface area contributed by atoms with E-state index in [1.165, 1.54) is 96.3 Å². The molecule has 0 spiro atoms. The smallest absolute Gasteiger partial charge is 0.309 e. The number of ether oxygens (including phenoxy) is 1. The molecule has 0 fully saturated rings. The lowest BCUT2D eigenvalue weighted by molar-refractivity contribution is -0.142. The molecule has 1 aliphatic heterocycles. The van der Waals surface area contributed by atoms with Crippen molar-refractivity contribution in [3.63, 3.8) is 0 Å². The zero-order valence-electron chi connectivity index (χ0n) is 15.9. The normalized spacial score (nSPS) is 23.9. The predicted octanol–water partition coefficient (Wildman–Crippen LogP) is 7.12. The number of rotatable bonds is 0. The third-order valence-electron chi connectivity index (χ3n) is 4.98. The van der Waals surface area contributed by atoms with E-state index < -0.39 is 0 Å². The molecule has 2 heteroatoms. The van der Waals surface area contributed by atoms with Gasteiger partial charge in [-0.15, -0.1) is 0 Å². The van der Waals surface area contributed by atoms with Crippen LogP contribution in [0.4, 0.5) is 0 Å². The summed E-state index contributed by atoms with van der Waals surface area (Å²) in [7, 11) is 0. The number of cyclic esters (lactones) is 1. The molecule has 0 amide bonds. The predicted molar refractivity (Wildman–Crippen MR) is 103 cm³/mol. The number of carbonyl (C=O) groups is 1. The molecule has 0 radical (unpaired) electrons. The first kappa shape index (κ1) is 21.3. The summed E-state index contributed by atoms with van der Waals surface area (Å²) >= 11 is 0. The molecule has 0 saturated carbocycles. The summed E-state index contributed by atoms with van der Waals surface area (Å²) < 4.78 is 5.28. The number of esters is 1. The highest BCUT2D eigenvalue weighted by Gasteiger charge is 2.00. The van der Waals surface area contributed by atoms with E-state index in [0.29, 0.717) is 13.0 Å². The van der Waals surface area contributed by atoms with E-state index in [1.807, 2.05) is 6.08 Å². The molecular weight excluding hydrogens is 296 g/mol. The minimum Gasteiger partial charge on any atom is -0.465 e. The van der Waals surface area contributed by atoms with Gasteiger partial charge in [0.05, 0.1) is 13.0 Å². The van der Waals surface area contributed by atoms with Gasteiger partial charge < -0.3 is 4.74 Å². The van der Waals surface area contributed by atoms with Crippen LogP contribution in [0.25, 0.3) is 0 Å². The third kappa shape index (κ3) is 14.8.